The van der Waals surface area contributed by atoms with E-state index in [9.17, 15) is 14.0 Å². The zero-order valence-electron chi connectivity index (χ0n) is 11.3. The second-order valence-corrected chi connectivity index (χ2v) is 4.82. The molecule has 0 radical (unpaired) electrons. The number of hydrogen-bond acceptors (Lipinski definition) is 3. The number of hydrogen-bond donors (Lipinski definition) is 1. The van der Waals surface area contributed by atoms with Crippen LogP contribution in [-0.2, 0) is 14.3 Å². The van der Waals surface area contributed by atoms with Crippen molar-refractivity contribution in [1.82, 2.24) is 0 Å². The molecule has 1 aromatic rings. The smallest absolute Gasteiger partial charge is 0.334 e. The molecule has 0 unspecified atom stereocenters. The standard InChI is InChI=1S/C16H15FO4/c1-10-14(15(18)19)13(21-16(10)20)8-3-2-5-11-6-4-7-12(17)9-11/h2,4-7,9,13-14H,1,3,8H2,(H,18,19)/b5-2+/t13-,14+/m1/s1. The van der Waals surface area contributed by atoms with Crippen LogP contribution in [-0.4, -0.2) is 23.1 Å². The lowest BCUT2D eigenvalue weighted by atomic mass is 9.94. The maximum absolute atomic E-state index is 13.0. The van der Waals surface area contributed by atoms with Gasteiger partial charge in [-0.3, -0.25) is 4.79 Å². The number of carboxylic acid groups (broad SMARTS) is 1. The van der Waals surface area contributed by atoms with Crippen LogP contribution in [0.1, 0.15) is 18.4 Å². The lowest BCUT2D eigenvalue weighted by molar-refractivity contribution is -0.144. The summed E-state index contributed by atoms with van der Waals surface area (Å²) in [5.41, 5.74) is 0.708. The van der Waals surface area contributed by atoms with Crippen LogP contribution >= 0.6 is 0 Å². The summed E-state index contributed by atoms with van der Waals surface area (Å²) in [6.45, 7) is 3.46. The molecule has 0 spiro atoms. The first-order chi connectivity index (χ1) is 9.99. The molecule has 1 aliphatic rings. The highest BCUT2D eigenvalue weighted by Crippen LogP contribution is 2.29. The summed E-state index contributed by atoms with van der Waals surface area (Å²) in [6.07, 6.45) is 3.74. The van der Waals surface area contributed by atoms with Crippen LogP contribution in [0.4, 0.5) is 4.39 Å². The summed E-state index contributed by atoms with van der Waals surface area (Å²) in [5.74, 6) is -3.06. The molecule has 2 rings (SSSR count). The first-order valence-corrected chi connectivity index (χ1v) is 6.53. The average Bonchev–Trinajstić information content (AvgIpc) is 2.70. The molecular weight excluding hydrogens is 275 g/mol. The maximum atomic E-state index is 13.0. The molecule has 0 bridgehead atoms. The second-order valence-electron chi connectivity index (χ2n) is 4.82. The van der Waals surface area contributed by atoms with Crippen LogP contribution in [0, 0.1) is 11.7 Å². The molecule has 0 aliphatic carbocycles. The zero-order chi connectivity index (χ0) is 15.4. The highest BCUT2D eigenvalue weighted by molar-refractivity contribution is 5.97. The summed E-state index contributed by atoms with van der Waals surface area (Å²) < 4.78 is 18.0. The monoisotopic (exact) mass is 290 g/mol. The molecule has 21 heavy (non-hydrogen) atoms. The normalized spacial score (nSPS) is 21.8. The zero-order valence-corrected chi connectivity index (χ0v) is 11.3. The predicted molar refractivity (Wildman–Crippen MR) is 74.8 cm³/mol. The van der Waals surface area contributed by atoms with Gasteiger partial charge in [0.2, 0.25) is 0 Å². The second kappa shape index (κ2) is 6.35. The number of cyclic esters (lactones) is 1. The summed E-state index contributed by atoms with van der Waals surface area (Å²) in [6, 6.07) is 6.13. The van der Waals surface area contributed by atoms with Gasteiger partial charge in [0.05, 0.1) is 0 Å². The number of carboxylic acids is 1. The number of allylic oxidation sites excluding steroid dienone is 1. The molecule has 1 heterocycles. The summed E-state index contributed by atoms with van der Waals surface area (Å²) in [4.78, 5) is 22.5. The molecule has 110 valence electrons. The van der Waals surface area contributed by atoms with Crippen molar-refractivity contribution in [3.8, 4) is 0 Å². The molecule has 1 N–H and O–H groups in total. The van der Waals surface area contributed by atoms with Gasteiger partial charge in [-0.05, 0) is 30.5 Å². The molecule has 1 saturated heterocycles. The fourth-order valence-corrected chi connectivity index (χ4v) is 2.26. The molecular formula is C16H15FO4. The topological polar surface area (TPSA) is 63.6 Å². The number of halogens is 1. The number of carbonyl (C=O) groups excluding carboxylic acids is 1. The lowest BCUT2D eigenvalue weighted by Crippen LogP contribution is -2.24. The van der Waals surface area contributed by atoms with Gasteiger partial charge < -0.3 is 9.84 Å². The average molecular weight is 290 g/mol. The Labute approximate surface area is 121 Å². The summed E-state index contributed by atoms with van der Waals surface area (Å²) in [5, 5.41) is 9.08. The van der Waals surface area contributed by atoms with Crippen molar-refractivity contribution in [1.29, 1.82) is 0 Å². The Morgan fingerprint density at radius 1 is 1.48 bits per heavy atom. The molecule has 5 heteroatoms. The van der Waals surface area contributed by atoms with Crippen LogP contribution in [0.15, 0.2) is 42.5 Å². The molecule has 0 saturated carbocycles. The van der Waals surface area contributed by atoms with E-state index < -0.39 is 24.0 Å². The Kier molecular flexibility index (Phi) is 4.52. The van der Waals surface area contributed by atoms with Gasteiger partial charge >= 0.3 is 11.9 Å². The minimum absolute atomic E-state index is 0.0124. The van der Waals surface area contributed by atoms with Gasteiger partial charge in [0.15, 0.2) is 0 Å². The van der Waals surface area contributed by atoms with Gasteiger partial charge in [-0.2, -0.15) is 0 Å². The van der Waals surface area contributed by atoms with E-state index in [-0.39, 0.29) is 11.4 Å². The molecule has 0 aromatic heterocycles. The lowest BCUT2D eigenvalue weighted by Gasteiger charge is -2.12. The minimum atomic E-state index is -1.11. The van der Waals surface area contributed by atoms with E-state index in [1.165, 1.54) is 12.1 Å². The third-order valence-corrected chi connectivity index (χ3v) is 3.31. The van der Waals surface area contributed by atoms with Gasteiger partial charge in [0, 0.05) is 5.57 Å². The van der Waals surface area contributed by atoms with E-state index in [0.717, 1.165) is 5.56 Å². The molecule has 1 fully saturated rings. The fraction of sp³-hybridized carbons (Fsp3) is 0.250. The van der Waals surface area contributed by atoms with E-state index in [1.807, 2.05) is 0 Å². The van der Waals surface area contributed by atoms with Gasteiger partial charge in [0.1, 0.15) is 17.8 Å². The Morgan fingerprint density at radius 3 is 2.90 bits per heavy atom. The number of aliphatic carboxylic acids is 1. The largest absolute Gasteiger partial charge is 0.481 e. The van der Waals surface area contributed by atoms with Gasteiger partial charge in [-0.25, -0.2) is 9.18 Å². The molecule has 4 nitrogen and oxygen atoms in total. The van der Waals surface area contributed by atoms with Crippen LogP contribution in [0.3, 0.4) is 0 Å². The predicted octanol–water partition coefficient (Wildman–Crippen LogP) is 2.80. The van der Waals surface area contributed by atoms with Crippen molar-refractivity contribution in [3.05, 3.63) is 53.9 Å². The first-order valence-electron chi connectivity index (χ1n) is 6.53. The quantitative estimate of drug-likeness (QED) is 0.669. The van der Waals surface area contributed by atoms with E-state index in [1.54, 1.807) is 24.3 Å². The van der Waals surface area contributed by atoms with Crippen molar-refractivity contribution >= 4 is 18.0 Å². The summed E-state index contributed by atoms with van der Waals surface area (Å²) in [7, 11) is 0. The highest BCUT2D eigenvalue weighted by atomic mass is 19.1. The van der Waals surface area contributed by atoms with E-state index in [0.29, 0.717) is 12.8 Å². The van der Waals surface area contributed by atoms with Gasteiger partial charge in [0.25, 0.3) is 0 Å². The Morgan fingerprint density at radius 2 is 2.24 bits per heavy atom. The van der Waals surface area contributed by atoms with Gasteiger partial charge in [-0.15, -0.1) is 0 Å². The number of esters is 1. The summed E-state index contributed by atoms with van der Waals surface area (Å²) >= 11 is 0. The first kappa shape index (κ1) is 15.0. The van der Waals surface area contributed by atoms with E-state index in [2.05, 4.69) is 6.58 Å². The third kappa shape index (κ3) is 3.56. The Bertz CT molecular complexity index is 606. The number of benzene rings is 1. The maximum Gasteiger partial charge on any atom is 0.334 e. The van der Waals surface area contributed by atoms with Crippen molar-refractivity contribution in [2.45, 2.75) is 18.9 Å². The highest BCUT2D eigenvalue weighted by Gasteiger charge is 2.42. The Hall–Kier alpha value is -2.43. The van der Waals surface area contributed by atoms with Crippen molar-refractivity contribution < 1.29 is 23.8 Å². The third-order valence-electron chi connectivity index (χ3n) is 3.31. The van der Waals surface area contributed by atoms with E-state index in [4.69, 9.17) is 9.84 Å². The fourth-order valence-electron chi connectivity index (χ4n) is 2.26. The van der Waals surface area contributed by atoms with Crippen molar-refractivity contribution in [2.75, 3.05) is 0 Å². The van der Waals surface area contributed by atoms with Crippen molar-refractivity contribution in [3.63, 3.8) is 0 Å². The van der Waals surface area contributed by atoms with Crippen LogP contribution < -0.4 is 0 Å². The van der Waals surface area contributed by atoms with Crippen molar-refractivity contribution in [2.24, 2.45) is 5.92 Å². The minimum Gasteiger partial charge on any atom is -0.481 e. The molecule has 1 aliphatic heterocycles. The molecule has 2 atom stereocenters. The number of rotatable bonds is 5. The van der Waals surface area contributed by atoms with Crippen LogP contribution in [0.25, 0.3) is 6.08 Å². The molecule has 0 amide bonds. The SMILES string of the molecule is C=C1C(=O)O[C@H](CC/C=C/c2cccc(F)c2)[C@H]1C(=O)O. The van der Waals surface area contributed by atoms with Crippen LogP contribution in [0.5, 0.6) is 0 Å². The Balaban J connectivity index is 1.92. The van der Waals surface area contributed by atoms with Crippen LogP contribution in [0.2, 0.25) is 0 Å². The number of ether oxygens (including phenoxy) is 1. The molecule has 1 aromatic carbocycles. The van der Waals surface area contributed by atoms with Gasteiger partial charge in [-0.1, -0.05) is 30.9 Å². The number of carbonyl (C=O) groups is 2. The van der Waals surface area contributed by atoms with E-state index >= 15 is 0 Å².